The van der Waals surface area contributed by atoms with Gasteiger partial charge in [-0.25, -0.2) is 4.79 Å². The van der Waals surface area contributed by atoms with E-state index in [0.717, 1.165) is 47.7 Å². The molecule has 0 aliphatic rings. The molecule has 0 spiro atoms. The average molecular weight is 330 g/mol. The number of ether oxygens (including phenoxy) is 1. The number of hydrogen-bond acceptors (Lipinski definition) is 5. The Morgan fingerprint density at radius 1 is 1.17 bits per heavy atom. The normalized spacial score (nSPS) is 11.0. The van der Waals surface area contributed by atoms with E-state index in [1.165, 1.54) is 6.08 Å². The molecule has 0 saturated carbocycles. The third-order valence-corrected chi connectivity index (χ3v) is 4.27. The summed E-state index contributed by atoms with van der Waals surface area (Å²) < 4.78 is 5.25. The first-order valence-electron chi connectivity index (χ1n) is 8.04. The summed E-state index contributed by atoms with van der Waals surface area (Å²) in [7, 11) is 0. The first kappa shape index (κ1) is 17.3. The molecule has 0 aliphatic carbocycles. The smallest absolute Gasteiger partial charge is 0.335 e. The Kier molecular flexibility index (Phi) is 6.94. The van der Waals surface area contributed by atoms with Crippen molar-refractivity contribution in [2.24, 2.45) is 0 Å². The Bertz CT molecular complexity index is 647. The molecule has 0 radical (unpaired) electrons. The van der Waals surface area contributed by atoms with Crippen LogP contribution in [0.1, 0.15) is 44.5 Å². The van der Waals surface area contributed by atoms with E-state index in [9.17, 15) is 4.79 Å². The van der Waals surface area contributed by atoms with Gasteiger partial charge >= 0.3 is 5.97 Å². The molecule has 2 aromatic rings. The van der Waals surface area contributed by atoms with Crippen LogP contribution in [0.4, 0.5) is 0 Å². The van der Waals surface area contributed by atoms with Crippen LogP contribution in [0.3, 0.4) is 0 Å². The standard InChI is InChI=1S/C18H22N2O2S/c1-3-5-7-9-17(21)22-15-12-10-14(11-13-15)18-20-19-16(23-18)8-6-4-2/h7,9-13H,3-6,8H2,1-2H3/b9-7+. The zero-order chi connectivity index (χ0) is 16.5. The molecule has 23 heavy (non-hydrogen) atoms. The topological polar surface area (TPSA) is 52.1 Å². The number of benzene rings is 1. The molecule has 122 valence electrons. The maximum absolute atomic E-state index is 11.6. The van der Waals surface area contributed by atoms with Crippen LogP contribution in [0.5, 0.6) is 5.75 Å². The first-order valence-corrected chi connectivity index (χ1v) is 8.85. The lowest BCUT2D eigenvalue weighted by Crippen LogP contribution is -2.03. The van der Waals surface area contributed by atoms with Gasteiger partial charge in [0, 0.05) is 18.1 Å². The highest BCUT2D eigenvalue weighted by molar-refractivity contribution is 7.14. The second-order valence-electron chi connectivity index (χ2n) is 5.24. The fourth-order valence-electron chi connectivity index (χ4n) is 1.96. The van der Waals surface area contributed by atoms with Crippen molar-refractivity contribution in [2.75, 3.05) is 0 Å². The van der Waals surface area contributed by atoms with Crippen LogP contribution < -0.4 is 4.74 Å². The van der Waals surface area contributed by atoms with E-state index in [4.69, 9.17) is 4.74 Å². The molecule has 5 heteroatoms. The van der Waals surface area contributed by atoms with Crippen LogP contribution in [0.25, 0.3) is 10.6 Å². The quantitative estimate of drug-likeness (QED) is 0.396. The van der Waals surface area contributed by atoms with Crippen LogP contribution in [0.2, 0.25) is 0 Å². The highest BCUT2D eigenvalue weighted by atomic mass is 32.1. The fraction of sp³-hybridized carbons (Fsp3) is 0.389. The third-order valence-electron chi connectivity index (χ3n) is 3.24. The van der Waals surface area contributed by atoms with Gasteiger partial charge in [-0.1, -0.05) is 44.1 Å². The lowest BCUT2D eigenvalue weighted by Gasteiger charge is -2.02. The number of allylic oxidation sites excluding steroid dienone is 1. The summed E-state index contributed by atoms with van der Waals surface area (Å²) >= 11 is 1.62. The van der Waals surface area contributed by atoms with Gasteiger partial charge < -0.3 is 4.74 Å². The van der Waals surface area contributed by atoms with Crippen LogP contribution >= 0.6 is 11.3 Å². The number of rotatable bonds is 8. The summed E-state index contributed by atoms with van der Waals surface area (Å²) in [6.07, 6.45) is 8.47. The molecule has 0 aliphatic heterocycles. The number of unbranched alkanes of at least 4 members (excludes halogenated alkanes) is 2. The third kappa shape index (κ3) is 5.60. The molecule has 0 unspecified atom stereocenters. The molecule has 0 fully saturated rings. The average Bonchev–Trinajstić information content (AvgIpc) is 3.03. The minimum Gasteiger partial charge on any atom is -0.423 e. The molecular formula is C18H22N2O2S. The largest absolute Gasteiger partial charge is 0.423 e. The summed E-state index contributed by atoms with van der Waals surface area (Å²) in [5.74, 6) is 0.194. The lowest BCUT2D eigenvalue weighted by molar-refractivity contribution is -0.129. The highest BCUT2D eigenvalue weighted by Crippen LogP contribution is 2.26. The van der Waals surface area contributed by atoms with Crippen LogP contribution in [0.15, 0.2) is 36.4 Å². The van der Waals surface area contributed by atoms with Crippen LogP contribution in [-0.2, 0) is 11.2 Å². The second-order valence-corrected chi connectivity index (χ2v) is 6.30. The summed E-state index contributed by atoms with van der Waals surface area (Å²) in [6, 6.07) is 7.38. The van der Waals surface area contributed by atoms with Crippen molar-refractivity contribution in [1.29, 1.82) is 0 Å². The number of esters is 1. The Balaban J connectivity index is 1.96. The van der Waals surface area contributed by atoms with Crippen LogP contribution in [0, 0.1) is 0 Å². The van der Waals surface area contributed by atoms with Gasteiger partial charge in [-0.15, -0.1) is 10.2 Å². The lowest BCUT2D eigenvalue weighted by atomic mass is 10.2. The number of carbonyl (C=O) groups is 1. The van der Waals surface area contributed by atoms with E-state index in [1.807, 2.05) is 18.2 Å². The summed E-state index contributed by atoms with van der Waals surface area (Å²) in [5, 5.41) is 10.4. The van der Waals surface area contributed by atoms with Crippen molar-refractivity contribution < 1.29 is 9.53 Å². The Labute approximate surface area is 141 Å². The van der Waals surface area contributed by atoms with E-state index >= 15 is 0 Å². The van der Waals surface area contributed by atoms with Gasteiger partial charge in [0.05, 0.1) is 0 Å². The molecule has 1 aromatic heterocycles. The van der Waals surface area contributed by atoms with Crippen LogP contribution in [-0.4, -0.2) is 16.2 Å². The summed E-state index contributed by atoms with van der Waals surface area (Å²) in [5.41, 5.74) is 0.992. The number of carbonyl (C=O) groups excluding carboxylic acids is 1. The first-order chi connectivity index (χ1) is 11.2. The second kappa shape index (κ2) is 9.20. The van der Waals surface area contributed by atoms with Gasteiger partial charge in [0.2, 0.25) is 0 Å². The predicted molar refractivity (Wildman–Crippen MR) is 93.6 cm³/mol. The van der Waals surface area contributed by atoms with Crippen molar-refractivity contribution in [3.8, 4) is 16.3 Å². The van der Waals surface area contributed by atoms with Crippen molar-refractivity contribution >= 4 is 17.3 Å². The van der Waals surface area contributed by atoms with Crippen molar-refractivity contribution in [1.82, 2.24) is 10.2 Å². The maximum atomic E-state index is 11.6. The summed E-state index contributed by atoms with van der Waals surface area (Å²) in [6.45, 7) is 4.23. The molecule has 0 bridgehead atoms. The van der Waals surface area contributed by atoms with Crippen molar-refractivity contribution in [2.45, 2.75) is 46.0 Å². The molecular weight excluding hydrogens is 308 g/mol. The monoisotopic (exact) mass is 330 g/mol. The van der Waals surface area contributed by atoms with Gasteiger partial charge in [-0.2, -0.15) is 0 Å². The molecule has 0 N–H and O–H groups in total. The van der Waals surface area contributed by atoms with Gasteiger partial charge in [0.15, 0.2) is 0 Å². The maximum Gasteiger partial charge on any atom is 0.335 e. The Morgan fingerprint density at radius 2 is 1.96 bits per heavy atom. The zero-order valence-electron chi connectivity index (χ0n) is 13.6. The zero-order valence-corrected chi connectivity index (χ0v) is 14.4. The van der Waals surface area contributed by atoms with Gasteiger partial charge in [-0.05, 0) is 37.1 Å². The number of aryl methyl sites for hydroxylation is 1. The molecule has 0 atom stereocenters. The number of aromatic nitrogens is 2. The van der Waals surface area contributed by atoms with E-state index in [1.54, 1.807) is 23.5 Å². The minimum atomic E-state index is -0.344. The van der Waals surface area contributed by atoms with Crippen molar-refractivity contribution in [3.63, 3.8) is 0 Å². The van der Waals surface area contributed by atoms with Gasteiger partial charge in [0.25, 0.3) is 0 Å². The highest BCUT2D eigenvalue weighted by Gasteiger charge is 2.07. The van der Waals surface area contributed by atoms with E-state index < -0.39 is 0 Å². The number of nitrogens with zero attached hydrogens (tertiary/aromatic N) is 2. The Hall–Kier alpha value is -2.01. The van der Waals surface area contributed by atoms with Gasteiger partial charge in [-0.3, -0.25) is 0 Å². The number of hydrogen-bond donors (Lipinski definition) is 0. The molecule has 1 aromatic carbocycles. The van der Waals surface area contributed by atoms with E-state index in [0.29, 0.717) is 5.75 Å². The molecule has 0 saturated heterocycles. The molecule has 0 amide bonds. The Morgan fingerprint density at radius 3 is 2.65 bits per heavy atom. The molecule has 2 rings (SSSR count). The van der Waals surface area contributed by atoms with Crippen molar-refractivity contribution in [3.05, 3.63) is 41.4 Å². The molecule has 4 nitrogen and oxygen atoms in total. The minimum absolute atomic E-state index is 0.344. The fourth-order valence-corrected chi connectivity index (χ4v) is 2.85. The van der Waals surface area contributed by atoms with E-state index in [2.05, 4.69) is 24.0 Å². The van der Waals surface area contributed by atoms with Gasteiger partial charge in [0.1, 0.15) is 15.8 Å². The predicted octanol–water partition coefficient (Wildman–Crippen LogP) is 4.81. The summed E-state index contributed by atoms with van der Waals surface area (Å²) in [4.78, 5) is 11.6. The molecule has 1 heterocycles. The van der Waals surface area contributed by atoms with E-state index in [-0.39, 0.29) is 5.97 Å². The SMILES string of the molecule is CCC/C=C/C(=O)Oc1ccc(-c2nnc(CCCC)s2)cc1.